The number of carbonyl (C=O) groups is 1. The minimum atomic E-state index is -0.601. The summed E-state index contributed by atoms with van der Waals surface area (Å²) in [6, 6.07) is 4.06. The van der Waals surface area contributed by atoms with Crippen LogP contribution in [-0.4, -0.2) is 30.0 Å². The molecule has 1 aromatic rings. The van der Waals surface area contributed by atoms with Crippen molar-refractivity contribution < 1.29 is 19.2 Å². The molecule has 6 nitrogen and oxygen atoms in total. The summed E-state index contributed by atoms with van der Waals surface area (Å²) < 4.78 is 10.8. The van der Waals surface area contributed by atoms with Gasteiger partial charge in [0.05, 0.1) is 22.7 Å². The van der Waals surface area contributed by atoms with Crippen LogP contribution in [0.5, 0.6) is 5.75 Å². The topological polar surface area (TPSA) is 78.7 Å². The summed E-state index contributed by atoms with van der Waals surface area (Å²) in [4.78, 5) is 20.8. The van der Waals surface area contributed by atoms with E-state index in [0.717, 1.165) is 0 Å². The second-order valence-electron chi connectivity index (χ2n) is 4.90. The third-order valence-corrected chi connectivity index (χ3v) is 2.21. The summed E-state index contributed by atoms with van der Waals surface area (Å²) in [5.41, 5.74) is -0.472. The smallest absolute Gasteiger partial charge is 0.280 e. The van der Waals surface area contributed by atoms with E-state index >= 15 is 0 Å². The van der Waals surface area contributed by atoms with Gasteiger partial charge in [0.2, 0.25) is 0 Å². The van der Waals surface area contributed by atoms with Crippen LogP contribution in [0.25, 0.3) is 0 Å². The van der Waals surface area contributed by atoms with Crippen LogP contribution in [0.1, 0.15) is 31.1 Å². The number of rotatable bonds is 6. The van der Waals surface area contributed by atoms with Crippen LogP contribution in [0.4, 0.5) is 5.69 Å². The van der Waals surface area contributed by atoms with Crippen molar-refractivity contribution in [1.82, 2.24) is 0 Å². The molecule has 104 valence electrons. The van der Waals surface area contributed by atoms with Crippen LogP contribution in [0.2, 0.25) is 0 Å². The second-order valence-corrected chi connectivity index (χ2v) is 4.90. The van der Waals surface area contributed by atoms with E-state index in [-0.39, 0.29) is 16.9 Å². The average Bonchev–Trinajstić information content (AvgIpc) is 2.33. The largest absolute Gasteiger partial charge is 0.491 e. The number of hydrogen-bond acceptors (Lipinski definition) is 5. The fourth-order valence-corrected chi connectivity index (χ4v) is 1.39. The molecule has 0 radical (unpaired) electrons. The quantitative estimate of drug-likeness (QED) is 0.342. The lowest BCUT2D eigenvalue weighted by Gasteiger charge is -2.19. The fourth-order valence-electron chi connectivity index (χ4n) is 1.39. The van der Waals surface area contributed by atoms with Crippen molar-refractivity contribution in [2.24, 2.45) is 0 Å². The number of hydrogen-bond donors (Lipinski definition) is 0. The lowest BCUT2D eigenvalue weighted by molar-refractivity contribution is -0.385. The maximum absolute atomic E-state index is 10.8. The predicted octanol–water partition coefficient (Wildman–Crippen LogP) is 2.60. The third-order valence-electron chi connectivity index (χ3n) is 2.21. The van der Waals surface area contributed by atoms with Gasteiger partial charge in [-0.2, -0.15) is 0 Å². The minimum Gasteiger partial charge on any atom is -0.491 e. The highest BCUT2D eigenvalue weighted by atomic mass is 16.6. The van der Waals surface area contributed by atoms with Crippen molar-refractivity contribution in [3.63, 3.8) is 0 Å². The average molecular weight is 267 g/mol. The Bertz CT molecular complexity index is 465. The zero-order chi connectivity index (χ0) is 14.5. The number of nitrogens with zero attached hydrogens (tertiary/aromatic N) is 1. The maximum atomic E-state index is 10.8. The number of aldehydes is 1. The summed E-state index contributed by atoms with van der Waals surface area (Å²) in [5, 5.41) is 10.6. The molecule has 0 amide bonds. The van der Waals surface area contributed by atoms with Crippen molar-refractivity contribution in [2.75, 3.05) is 13.2 Å². The van der Waals surface area contributed by atoms with Crippen molar-refractivity contribution in [3.05, 3.63) is 33.9 Å². The molecule has 0 aliphatic heterocycles. The van der Waals surface area contributed by atoms with Gasteiger partial charge in [-0.25, -0.2) is 0 Å². The lowest BCUT2D eigenvalue weighted by Crippen LogP contribution is -2.22. The highest BCUT2D eigenvalue weighted by Gasteiger charge is 2.14. The zero-order valence-electron chi connectivity index (χ0n) is 11.2. The van der Waals surface area contributed by atoms with E-state index in [2.05, 4.69) is 0 Å². The summed E-state index contributed by atoms with van der Waals surface area (Å²) in [6.45, 7) is 6.51. The van der Waals surface area contributed by atoms with Gasteiger partial charge in [-0.05, 0) is 32.9 Å². The number of ether oxygens (including phenoxy) is 2. The predicted molar refractivity (Wildman–Crippen MR) is 69.7 cm³/mol. The van der Waals surface area contributed by atoms with Gasteiger partial charge in [-0.1, -0.05) is 0 Å². The maximum Gasteiger partial charge on any atom is 0.280 e. The van der Waals surface area contributed by atoms with Gasteiger partial charge >= 0.3 is 0 Å². The molecule has 0 saturated heterocycles. The molecular weight excluding hydrogens is 250 g/mol. The highest BCUT2D eigenvalue weighted by molar-refractivity contribution is 5.82. The molecule has 1 rings (SSSR count). The Hall–Kier alpha value is -1.95. The van der Waals surface area contributed by atoms with Crippen molar-refractivity contribution >= 4 is 12.0 Å². The van der Waals surface area contributed by atoms with E-state index in [1.54, 1.807) is 0 Å². The summed E-state index contributed by atoms with van der Waals surface area (Å²) in [5.74, 6) is 0.408. The van der Waals surface area contributed by atoms with Gasteiger partial charge in [-0.15, -0.1) is 0 Å². The monoisotopic (exact) mass is 267 g/mol. The summed E-state index contributed by atoms with van der Waals surface area (Å²) in [6.07, 6.45) is 0.441. The molecule has 0 aromatic heterocycles. The van der Waals surface area contributed by atoms with Crippen molar-refractivity contribution in [2.45, 2.75) is 26.4 Å². The Morgan fingerprint density at radius 2 is 2.00 bits per heavy atom. The first-order valence-electron chi connectivity index (χ1n) is 5.84. The van der Waals surface area contributed by atoms with Gasteiger partial charge in [0.25, 0.3) is 5.69 Å². The molecule has 0 spiro atoms. The fraction of sp³-hybridized carbons (Fsp3) is 0.462. The van der Waals surface area contributed by atoms with E-state index in [4.69, 9.17) is 9.47 Å². The molecule has 0 heterocycles. The second kappa shape index (κ2) is 6.29. The standard InChI is InChI=1S/C13H17NO5/c1-13(2,3)19-7-6-18-11-4-5-12(14(16)17)10(8-11)9-15/h4-5,8-9H,6-7H2,1-3H3. The first-order valence-corrected chi connectivity index (χ1v) is 5.84. The van der Waals surface area contributed by atoms with Gasteiger partial charge in [-0.3, -0.25) is 14.9 Å². The van der Waals surface area contributed by atoms with Gasteiger partial charge in [0, 0.05) is 6.07 Å². The van der Waals surface area contributed by atoms with E-state index in [1.807, 2.05) is 20.8 Å². The van der Waals surface area contributed by atoms with E-state index in [0.29, 0.717) is 25.2 Å². The molecule has 0 unspecified atom stereocenters. The Morgan fingerprint density at radius 1 is 1.32 bits per heavy atom. The Balaban J connectivity index is 2.61. The van der Waals surface area contributed by atoms with Crippen LogP contribution in [0, 0.1) is 10.1 Å². The number of benzene rings is 1. The normalized spacial score (nSPS) is 11.1. The highest BCUT2D eigenvalue weighted by Crippen LogP contribution is 2.22. The number of nitro benzene ring substituents is 1. The van der Waals surface area contributed by atoms with Gasteiger partial charge in [0.1, 0.15) is 12.4 Å². The van der Waals surface area contributed by atoms with E-state index in [1.165, 1.54) is 18.2 Å². The molecule has 19 heavy (non-hydrogen) atoms. The molecule has 0 atom stereocenters. The molecule has 0 aliphatic rings. The molecule has 0 saturated carbocycles. The number of carbonyl (C=O) groups excluding carboxylic acids is 1. The third kappa shape index (κ3) is 5.05. The van der Waals surface area contributed by atoms with Crippen LogP contribution in [0.3, 0.4) is 0 Å². The molecule has 0 bridgehead atoms. The molecule has 6 heteroatoms. The lowest BCUT2D eigenvalue weighted by atomic mass is 10.2. The summed E-state index contributed by atoms with van der Waals surface area (Å²) in [7, 11) is 0. The SMILES string of the molecule is CC(C)(C)OCCOc1ccc([N+](=O)[O-])c(C=O)c1. The Kier molecular flexibility index (Phi) is 5.00. The van der Waals surface area contributed by atoms with E-state index in [9.17, 15) is 14.9 Å². The molecular formula is C13H17NO5. The van der Waals surface area contributed by atoms with Crippen molar-refractivity contribution in [1.29, 1.82) is 0 Å². The first-order chi connectivity index (χ1) is 8.83. The van der Waals surface area contributed by atoms with Gasteiger partial charge in [0.15, 0.2) is 6.29 Å². The molecule has 0 aliphatic carbocycles. The zero-order valence-corrected chi connectivity index (χ0v) is 11.2. The molecule has 0 N–H and O–H groups in total. The van der Waals surface area contributed by atoms with Gasteiger partial charge < -0.3 is 9.47 Å². The van der Waals surface area contributed by atoms with Crippen LogP contribution < -0.4 is 4.74 Å². The summed E-state index contributed by atoms with van der Waals surface area (Å²) >= 11 is 0. The Morgan fingerprint density at radius 3 is 2.53 bits per heavy atom. The van der Waals surface area contributed by atoms with Crippen LogP contribution >= 0.6 is 0 Å². The minimum absolute atomic E-state index is 0.000704. The first kappa shape index (κ1) is 15.1. The van der Waals surface area contributed by atoms with Crippen molar-refractivity contribution in [3.8, 4) is 5.75 Å². The Labute approximate surface area is 111 Å². The van der Waals surface area contributed by atoms with Crippen LogP contribution in [0.15, 0.2) is 18.2 Å². The molecule has 0 fully saturated rings. The number of nitro groups is 1. The molecule has 1 aromatic carbocycles. The van der Waals surface area contributed by atoms with Crippen LogP contribution in [-0.2, 0) is 4.74 Å². The van der Waals surface area contributed by atoms with E-state index < -0.39 is 4.92 Å².